The molecule has 0 spiro atoms. The molecule has 12 nitrogen and oxygen atoms in total. The van der Waals surface area contributed by atoms with E-state index in [0.29, 0.717) is 17.3 Å². The molecule has 0 bridgehead atoms. The Morgan fingerprint density at radius 1 is 1.00 bits per heavy atom. The molecule has 0 saturated carbocycles. The van der Waals surface area contributed by atoms with Gasteiger partial charge in [0.2, 0.25) is 11.8 Å². The number of alkyl carbamates (subject to hydrolysis) is 1. The first-order valence-electron chi connectivity index (χ1n) is 14.3. The Labute approximate surface area is 269 Å². The van der Waals surface area contributed by atoms with Crippen LogP contribution in [0.4, 0.5) is 4.79 Å². The zero-order valence-electron chi connectivity index (χ0n) is 27.3. The van der Waals surface area contributed by atoms with Gasteiger partial charge in [-0.05, 0) is 73.8 Å². The number of nitrogens with one attached hydrogen (secondary N) is 3. The van der Waals surface area contributed by atoms with Crippen molar-refractivity contribution >= 4 is 52.8 Å². The van der Waals surface area contributed by atoms with E-state index in [1.807, 2.05) is 0 Å². The number of aromatic nitrogens is 1. The molecule has 0 aliphatic rings. The maximum absolute atomic E-state index is 13.2. The average Bonchev–Trinajstić information content (AvgIpc) is 3.32. The summed E-state index contributed by atoms with van der Waals surface area (Å²) in [6, 6.07) is -1.07. The highest BCUT2D eigenvalue weighted by Crippen LogP contribution is 2.16. The van der Waals surface area contributed by atoms with E-state index >= 15 is 0 Å². The van der Waals surface area contributed by atoms with E-state index in [-0.39, 0.29) is 24.6 Å². The minimum atomic E-state index is -1.41. The molecule has 1 rings (SSSR count). The number of amides is 3. The molecule has 3 amide bonds. The molecule has 0 radical (unpaired) electrons. The number of carbonyl (C=O) groups is 5. The van der Waals surface area contributed by atoms with Gasteiger partial charge < -0.3 is 30.2 Å². The summed E-state index contributed by atoms with van der Waals surface area (Å²) in [6.45, 7) is 16.8. The van der Waals surface area contributed by atoms with Crippen LogP contribution in [0.1, 0.15) is 97.6 Å². The normalized spacial score (nSPS) is 13.6. The van der Waals surface area contributed by atoms with Gasteiger partial charge in [-0.1, -0.05) is 19.9 Å². The molecule has 44 heavy (non-hydrogen) atoms. The van der Waals surface area contributed by atoms with Crippen LogP contribution in [-0.4, -0.2) is 69.6 Å². The van der Waals surface area contributed by atoms with E-state index < -0.39 is 58.7 Å². The molecular formula is C30H47ClN4O8S. The molecule has 14 heteroatoms. The van der Waals surface area contributed by atoms with Crippen molar-refractivity contribution in [1.29, 1.82) is 0 Å². The topological polar surface area (TPSA) is 162 Å². The van der Waals surface area contributed by atoms with Gasteiger partial charge in [-0.15, -0.1) is 22.9 Å². The van der Waals surface area contributed by atoms with Crippen molar-refractivity contribution in [2.45, 2.75) is 118 Å². The van der Waals surface area contributed by atoms with Crippen LogP contribution in [0.5, 0.6) is 0 Å². The Kier molecular flexibility index (Phi) is 14.8. The van der Waals surface area contributed by atoms with Gasteiger partial charge in [-0.3, -0.25) is 9.59 Å². The van der Waals surface area contributed by atoms with Crippen LogP contribution in [-0.2, 0) is 35.1 Å². The van der Waals surface area contributed by atoms with Gasteiger partial charge in [0.25, 0.3) is 0 Å². The van der Waals surface area contributed by atoms with Crippen LogP contribution in [0, 0.1) is 5.92 Å². The third kappa shape index (κ3) is 15.0. The second-order valence-corrected chi connectivity index (χ2v) is 14.3. The number of carbonyl (C=O) groups excluding carboxylic acids is 5. The second-order valence-electron chi connectivity index (χ2n) is 12.9. The van der Waals surface area contributed by atoms with Crippen molar-refractivity contribution in [2.75, 3.05) is 5.88 Å². The van der Waals surface area contributed by atoms with Crippen LogP contribution >= 0.6 is 22.9 Å². The lowest BCUT2D eigenvalue weighted by atomic mass is 10.00. The Balaban J connectivity index is 2.89. The van der Waals surface area contributed by atoms with Gasteiger partial charge in [0.1, 0.15) is 33.9 Å². The first-order chi connectivity index (χ1) is 20.1. The smallest absolute Gasteiger partial charge is 0.408 e. The Bertz CT molecular complexity index is 1180. The fourth-order valence-corrected chi connectivity index (χ4v) is 4.19. The number of alkyl halides is 1. The zero-order chi connectivity index (χ0) is 33.9. The van der Waals surface area contributed by atoms with E-state index in [2.05, 4.69) is 20.9 Å². The van der Waals surface area contributed by atoms with Gasteiger partial charge in [0, 0.05) is 11.3 Å². The van der Waals surface area contributed by atoms with Crippen molar-refractivity contribution in [3.63, 3.8) is 0 Å². The molecule has 2 atom stereocenters. The lowest BCUT2D eigenvalue weighted by Crippen LogP contribution is -2.59. The van der Waals surface area contributed by atoms with E-state index in [1.165, 1.54) is 25.2 Å². The maximum atomic E-state index is 13.2. The quantitative estimate of drug-likeness (QED) is 0.112. The molecule has 0 aromatic carbocycles. The maximum Gasteiger partial charge on any atom is 0.408 e. The molecule has 0 aliphatic heterocycles. The van der Waals surface area contributed by atoms with Crippen molar-refractivity contribution in [3.05, 3.63) is 28.2 Å². The van der Waals surface area contributed by atoms with Crippen LogP contribution in [0.15, 0.2) is 17.5 Å². The van der Waals surface area contributed by atoms with Crippen molar-refractivity contribution in [3.8, 4) is 0 Å². The Morgan fingerprint density at radius 2 is 1.61 bits per heavy atom. The number of hydrogen-bond donors (Lipinski definition) is 3. The highest BCUT2D eigenvalue weighted by molar-refractivity contribution is 7.09. The third-order valence-corrected chi connectivity index (χ3v) is 6.53. The van der Waals surface area contributed by atoms with Gasteiger partial charge in [0.05, 0.1) is 13.0 Å². The molecule has 0 fully saturated rings. The van der Waals surface area contributed by atoms with Crippen LogP contribution < -0.4 is 16.0 Å². The predicted octanol–water partition coefficient (Wildman–Crippen LogP) is 4.65. The van der Waals surface area contributed by atoms with E-state index in [0.717, 1.165) is 0 Å². The molecule has 0 saturated heterocycles. The van der Waals surface area contributed by atoms with Crippen molar-refractivity contribution in [1.82, 2.24) is 20.9 Å². The number of allylic oxidation sites excluding steroid dienone is 1. The molecule has 0 aliphatic carbocycles. The number of ether oxygens (including phenoxy) is 3. The number of rotatable bonds is 14. The fourth-order valence-electron chi connectivity index (χ4n) is 3.36. The van der Waals surface area contributed by atoms with E-state index in [4.69, 9.17) is 25.8 Å². The Morgan fingerprint density at radius 3 is 2.16 bits per heavy atom. The zero-order valence-corrected chi connectivity index (χ0v) is 28.9. The lowest BCUT2D eigenvalue weighted by molar-refractivity contribution is -0.153. The molecule has 1 aromatic rings. The number of esters is 2. The second kappa shape index (κ2) is 16.8. The molecule has 3 N–H and O–H groups in total. The van der Waals surface area contributed by atoms with Gasteiger partial charge in [-0.2, -0.15) is 0 Å². The highest BCUT2D eigenvalue weighted by Gasteiger charge is 2.36. The summed E-state index contributed by atoms with van der Waals surface area (Å²) in [7, 11) is 0. The predicted molar refractivity (Wildman–Crippen MR) is 168 cm³/mol. The standard InChI is InChI=1S/C30H47ClN4O8S/c1-18(2)23(34-26(39)30(9,10)35-27(40)43-29(6,7)8)25(38)41-19(13-11-12-14-31)15-21(36)32-16-22-33-20(17-44-22)24(37)42-28(3,4)5/h11,13,17-19,23H,12,14-16H2,1-10H3,(H,32,36)(H,34,39)(H,35,40)/t19-,23+/m1/s1. The molecule has 0 unspecified atom stereocenters. The minimum absolute atomic E-state index is 0.0583. The summed E-state index contributed by atoms with van der Waals surface area (Å²) < 4.78 is 16.2. The van der Waals surface area contributed by atoms with Crippen LogP contribution in [0.3, 0.4) is 0 Å². The van der Waals surface area contributed by atoms with Crippen molar-refractivity contribution < 1.29 is 38.2 Å². The van der Waals surface area contributed by atoms with Crippen LogP contribution in [0.25, 0.3) is 0 Å². The third-order valence-electron chi connectivity index (χ3n) is 5.47. The summed E-state index contributed by atoms with van der Waals surface area (Å²) in [6.07, 6.45) is 1.80. The summed E-state index contributed by atoms with van der Waals surface area (Å²) in [5.41, 5.74) is -2.68. The summed E-state index contributed by atoms with van der Waals surface area (Å²) in [5.74, 6) is -2.41. The fraction of sp³-hybridized carbons (Fsp3) is 0.667. The average molecular weight is 659 g/mol. The van der Waals surface area contributed by atoms with Gasteiger partial charge in [0.15, 0.2) is 5.69 Å². The number of halogens is 1. The molecule has 1 heterocycles. The first kappa shape index (κ1) is 38.8. The number of thiazole rings is 1. The SMILES string of the molecule is CC(C)[C@H](NC(=O)C(C)(C)NC(=O)OC(C)(C)C)C(=O)O[C@H](C=CCCCl)CC(=O)NCc1nc(C(=O)OC(C)(C)C)cs1. The van der Waals surface area contributed by atoms with Gasteiger partial charge >= 0.3 is 18.0 Å². The highest BCUT2D eigenvalue weighted by atomic mass is 35.5. The minimum Gasteiger partial charge on any atom is -0.456 e. The number of hydrogen-bond acceptors (Lipinski definition) is 10. The van der Waals surface area contributed by atoms with Crippen LogP contribution in [0.2, 0.25) is 0 Å². The monoisotopic (exact) mass is 658 g/mol. The molecular weight excluding hydrogens is 612 g/mol. The molecule has 248 valence electrons. The number of nitrogens with zero attached hydrogens (tertiary/aromatic N) is 1. The lowest BCUT2D eigenvalue weighted by Gasteiger charge is -2.30. The largest absolute Gasteiger partial charge is 0.456 e. The van der Waals surface area contributed by atoms with Crippen molar-refractivity contribution in [2.24, 2.45) is 5.92 Å². The summed E-state index contributed by atoms with van der Waals surface area (Å²) in [5, 5.41) is 9.93. The summed E-state index contributed by atoms with van der Waals surface area (Å²) >= 11 is 6.97. The molecule has 1 aromatic heterocycles. The van der Waals surface area contributed by atoms with Gasteiger partial charge in [-0.25, -0.2) is 19.4 Å². The Hall–Kier alpha value is -3.19. The summed E-state index contributed by atoms with van der Waals surface area (Å²) in [4.78, 5) is 67.8. The van der Waals surface area contributed by atoms with E-state index in [1.54, 1.807) is 72.9 Å². The first-order valence-corrected chi connectivity index (χ1v) is 15.7. The van der Waals surface area contributed by atoms with E-state index in [9.17, 15) is 24.0 Å².